The Labute approximate surface area is 160 Å². The summed E-state index contributed by atoms with van der Waals surface area (Å²) in [5.74, 6) is -0.579. The lowest BCUT2D eigenvalue weighted by molar-refractivity contribution is 0.237. The molecule has 1 aromatic carbocycles. The number of nitrogens with zero attached hydrogens (tertiary/aromatic N) is 5. The van der Waals surface area contributed by atoms with Gasteiger partial charge in [-0.2, -0.15) is 15.8 Å². The number of allylic oxidation sites excluding steroid dienone is 2. The van der Waals surface area contributed by atoms with Crippen LogP contribution in [0.1, 0.15) is 11.5 Å². The van der Waals surface area contributed by atoms with Gasteiger partial charge in [0.25, 0.3) is 0 Å². The van der Waals surface area contributed by atoms with Crippen molar-refractivity contribution in [2.24, 2.45) is 17.1 Å². The summed E-state index contributed by atoms with van der Waals surface area (Å²) < 4.78 is 0. The summed E-state index contributed by atoms with van der Waals surface area (Å²) in [5, 5.41) is 29.7. The highest BCUT2D eigenvalue weighted by atomic mass is 15.1. The molecule has 2 aliphatic rings. The Morgan fingerprint density at radius 2 is 1.78 bits per heavy atom. The van der Waals surface area contributed by atoms with Crippen molar-refractivity contribution in [1.29, 1.82) is 15.8 Å². The average molecular weight is 358 g/mol. The number of fused-ring (bicyclic) bond motifs is 1. The van der Waals surface area contributed by atoms with Crippen molar-refractivity contribution in [3.05, 3.63) is 52.7 Å². The summed E-state index contributed by atoms with van der Waals surface area (Å²) in [7, 11) is 5.91. The van der Waals surface area contributed by atoms with Crippen molar-refractivity contribution < 1.29 is 0 Å². The largest absolute Gasteiger partial charge is 0.399 e. The molecule has 0 saturated heterocycles. The lowest BCUT2D eigenvalue weighted by atomic mass is 9.58. The molecule has 6 heteroatoms. The highest BCUT2D eigenvalue weighted by molar-refractivity contribution is 5.60. The number of rotatable bonds is 2. The van der Waals surface area contributed by atoms with Gasteiger partial charge in [-0.3, -0.25) is 0 Å². The van der Waals surface area contributed by atoms with E-state index in [-0.39, 0.29) is 17.2 Å². The first-order valence-electron chi connectivity index (χ1n) is 8.78. The monoisotopic (exact) mass is 358 g/mol. The summed E-state index contributed by atoms with van der Waals surface area (Å²) in [4.78, 5) is 4.12. The first-order valence-corrected chi connectivity index (χ1v) is 8.78. The van der Waals surface area contributed by atoms with Crippen LogP contribution in [0.4, 0.5) is 5.69 Å². The molecule has 2 atom stereocenters. The van der Waals surface area contributed by atoms with Crippen molar-refractivity contribution in [1.82, 2.24) is 4.90 Å². The first kappa shape index (κ1) is 18.5. The van der Waals surface area contributed by atoms with Crippen LogP contribution >= 0.6 is 0 Å². The van der Waals surface area contributed by atoms with E-state index in [0.29, 0.717) is 13.1 Å². The molecule has 0 amide bonds. The molecular formula is C21H22N6. The van der Waals surface area contributed by atoms with Gasteiger partial charge in [0.1, 0.15) is 6.07 Å². The Morgan fingerprint density at radius 1 is 1.15 bits per heavy atom. The second-order valence-electron chi connectivity index (χ2n) is 7.38. The number of benzene rings is 1. The van der Waals surface area contributed by atoms with Gasteiger partial charge in [0.2, 0.25) is 0 Å². The first-order chi connectivity index (χ1) is 12.9. The van der Waals surface area contributed by atoms with Crippen LogP contribution < -0.4 is 10.6 Å². The van der Waals surface area contributed by atoms with Gasteiger partial charge >= 0.3 is 0 Å². The third kappa shape index (κ3) is 2.74. The fourth-order valence-electron chi connectivity index (χ4n) is 4.18. The zero-order valence-corrected chi connectivity index (χ0v) is 15.8. The van der Waals surface area contributed by atoms with Crippen LogP contribution in [0.2, 0.25) is 0 Å². The minimum atomic E-state index is -1.56. The molecule has 0 aromatic heterocycles. The van der Waals surface area contributed by atoms with E-state index in [4.69, 9.17) is 5.73 Å². The second kappa shape index (κ2) is 6.80. The summed E-state index contributed by atoms with van der Waals surface area (Å²) in [5.41, 5.74) is 7.86. The molecule has 136 valence electrons. The minimum Gasteiger partial charge on any atom is -0.399 e. The maximum atomic E-state index is 10.0. The zero-order valence-electron chi connectivity index (χ0n) is 15.8. The molecule has 0 fully saturated rings. The van der Waals surface area contributed by atoms with Crippen LogP contribution in [-0.4, -0.2) is 39.1 Å². The Kier molecular flexibility index (Phi) is 4.66. The number of nitriles is 3. The second-order valence-corrected chi connectivity index (χ2v) is 7.38. The normalized spacial score (nSPS) is 24.1. The van der Waals surface area contributed by atoms with Gasteiger partial charge in [0.15, 0.2) is 5.41 Å². The van der Waals surface area contributed by atoms with Crippen LogP contribution in [0, 0.1) is 45.3 Å². The van der Waals surface area contributed by atoms with Crippen molar-refractivity contribution in [2.75, 3.05) is 39.1 Å². The van der Waals surface area contributed by atoms with E-state index >= 15 is 0 Å². The summed E-state index contributed by atoms with van der Waals surface area (Å²) in [6.45, 7) is 1.37. The summed E-state index contributed by atoms with van der Waals surface area (Å²) in [6, 6.07) is 14.3. The topological polar surface area (TPSA) is 104 Å². The molecule has 3 rings (SSSR count). The summed E-state index contributed by atoms with van der Waals surface area (Å²) in [6.07, 6.45) is 2.00. The van der Waals surface area contributed by atoms with Gasteiger partial charge in [-0.1, -0.05) is 18.2 Å². The van der Waals surface area contributed by atoms with Crippen molar-refractivity contribution in [3.63, 3.8) is 0 Å². The van der Waals surface area contributed by atoms with Crippen molar-refractivity contribution in [3.8, 4) is 18.2 Å². The molecule has 1 heterocycles. The molecule has 0 saturated carbocycles. The Morgan fingerprint density at radius 3 is 2.30 bits per heavy atom. The Hall–Kier alpha value is -3.27. The molecule has 0 bridgehead atoms. The van der Waals surface area contributed by atoms with Crippen LogP contribution in [-0.2, 0) is 0 Å². The molecule has 2 N–H and O–H groups in total. The zero-order chi connectivity index (χ0) is 19.8. The number of hydrogen-bond donors (Lipinski definition) is 1. The third-order valence-corrected chi connectivity index (χ3v) is 5.62. The smallest absolute Gasteiger partial charge is 0.191 e. The van der Waals surface area contributed by atoms with E-state index in [9.17, 15) is 15.8 Å². The molecule has 1 aromatic rings. The molecule has 0 radical (unpaired) electrons. The number of anilines is 1. The molecule has 0 unspecified atom stereocenters. The molecule has 1 aliphatic carbocycles. The summed E-state index contributed by atoms with van der Waals surface area (Å²) >= 11 is 0. The molecule has 0 spiro atoms. The molecule has 1 aliphatic heterocycles. The quantitative estimate of drug-likeness (QED) is 0.868. The van der Waals surface area contributed by atoms with Crippen molar-refractivity contribution in [2.45, 2.75) is 5.92 Å². The van der Waals surface area contributed by atoms with Gasteiger partial charge in [-0.25, -0.2) is 0 Å². The maximum absolute atomic E-state index is 10.0. The van der Waals surface area contributed by atoms with E-state index in [0.717, 1.165) is 16.8 Å². The van der Waals surface area contributed by atoms with Crippen LogP contribution in [0.15, 0.2) is 47.2 Å². The predicted octanol–water partition coefficient (Wildman–Crippen LogP) is 2.11. The van der Waals surface area contributed by atoms with E-state index in [1.54, 1.807) is 0 Å². The van der Waals surface area contributed by atoms with Crippen LogP contribution in [0.25, 0.3) is 0 Å². The fraction of sp³-hybridized carbons (Fsp3) is 0.381. The van der Waals surface area contributed by atoms with Crippen LogP contribution in [0.5, 0.6) is 0 Å². The lowest BCUT2D eigenvalue weighted by Crippen LogP contribution is -2.47. The molecular weight excluding hydrogens is 336 g/mol. The molecule has 27 heavy (non-hydrogen) atoms. The van der Waals surface area contributed by atoms with E-state index in [2.05, 4.69) is 23.1 Å². The SMILES string of the molecule is CN1CC=C2C(C#N)=C(N)C(C#N)(C#N)[C@H](c3ccc(N(C)C)cc3)[C@@H]2C1. The van der Waals surface area contributed by atoms with Gasteiger partial charge in [-0.05, 0) is 30.3 Å². The standard InChI is InChI=1S/C21H22N6/c1-26(2)15-6-4-14(5-7-15)19-18-11-27(3)9-8-16(18)17(10-22)20(25)21(19,12-23)13-24/h4-8,18-19H,9,11,25H2,1-3H3/t18-,19-/m1/s1. The maximum Gasteiger partial charge on any atom is 0.191 e. The lowest BCUT2D eigenvalue weighted by Gasteiger charge is -2.45. The van der Waals surface area contributed by atoms with E-state index in [1.165, 1.54) is 0 Å². The number of likely N-dealkylation sites (N-methyl/N-ethyl adjacent to an activating group) is 1. The highest BCUT2D eigenvalue weighted by Gasteiger charge is 2.54. The van der Waals surface area contributed by atoms with Crippen LogP contribution in [0.3, 0.4) is 0 Å². The third-order valence-electron chi connectivity index (χ3n) is 5.62. The number of hydrogen-bond acceptors (Lipinski definition) is 6. The predicted molar refractivity (Wildman–Crippen MR) is 103 cm³/mol. The fourth-order valence-corrected chi connectivity index (χ4v) is 4.18. The number of nitrogens with two attached hydrogens (primary N) is 1. The Bertz CT molecular complexity index is 919. The molecule has 6 nitrogen and oxygen atoms in total. The minimum absolute atomic E-state index is 0.0729. The van der Waals surface area contributed by atoms with Gasteiger partial charge in [0.05, 0.1) is 23.4 Å². The van der Waals surface area contributed by atoms with Gasteiger partial charge in [0, 0.05) is 44.7 Å². The Balaban J connectivity index is 2.26. The average Bonchev–Trinajstić information content (AvgIpc) is 2.67. The van der Waals surface area contributed by atoms with E-state index < -0.39 is 11.3 Å². The van der Waals surface area contributed by atoms with Crippen molar-refractivity contribution >= 4 is 5.69 Å². The van der Waals surface area contributed by atoms with Gasteiger partial charge < -0.3 is 15.5 Å². The highest BCUT2D eigenvalue weighted by Crippen LogP contribution is 2.54. The van der Waals surface area contributed by atoms with E-state index in [1.807, 2.05) is 56.4 Å². The van der Waals surface area contributed by atoms with Gasteiger partial charge in [-0.15, -0.1) is 0 Å².